The highest BCUT2D eigenvalue weighted by atomic mass is 35.5. The van der Waals surface area contributed by atoms with Crippen LogP contribution >= 0.6 is 11.6 Å². The molecule has 1 saturated heterocycles. The van der Waals surface area contributed by atoms with Crippen LogP contribution in [0.5, 0.6) is 0 Å². The number of β-amino-alcohol motifs (C(OH)–C–C–N with tert-alkyl or cyclic N) is 1. The molecule has 2 aromatic heterocycles. The van der Waals surface area contributed by atoms with Crippen molar-refractivity contribution < 1.29 is 14.6 Å². The number of esters is 1. The predicted octanol–water partition coefficient (Wildman–Crippen LogP) is 0.724. The number of ether oxygens (including phenoxy) is 1. The molecular weight excluding hydrogens is 284 g/mol. The molecule has 0 radical (unpaired) electrons. The molecule has 2 unspecified atom stereocenters. The number of nitrogens with zero attached hydrogens (tertiary/aromatic N) is 3. The molecule has 2 atom stereocenters. The maximum atomic E-state index is 11.8. The van der Waals surface area contributed by atoms with Crippen LogP contribution in [0.2, 0.25) is 5.28 Å². The number of fused-ring (bicyclic) bond motifs is 1. The summed E-state index contributed by atoms with van der Waals surface area (Å²) in [5, 5.41) is 10.7. The number of hydrogen-bond acceptors (Lipinski definition) is 6. The van der Waals surface area contributed by atoms with Gasteiger partial charge in [0, 0.05) is 19.2 Å². The van der Waals surface area contributed by atoms with Gasteiger partial charge in [-0.2, -0.15) is 9.97 Å². The third kappa shape index (κ3) is 2.08. The van der Waals surface area contributed by atoms with E-state index in [0.717, 1.165) is 5.39 Å². The minimum Gasteiger partial charge on any atom is -0.467 e. The molecule has 0 aliphatic carbocycles. The lowest BCUT2D eigenvalue weighted by atomic mass is 10.2. The van der Waals surface area contributed by atoms with Gasteiger partial charge in [-0.05, 0) is 17.7 Å². The van der Waals surface area contributed by atoms with Crippen molar-refractivity contribution in [1.82, 2.24) is 15.0 Å². The molecular formula is C12H13ClN4O3. The maximum Gasteiger partial charge on any atom is 0.328 e. The summed E-state index contributed by atoms with van der Waals surface area (Å²) in [5.74, 6) is 0.119. The Morgan fingerprint density at radius 3 is 3.15 bits per heavy atom. The molecule has 0 spiro atoms. The summed E-state index contributed by atoms with van der Waals surface area (Å²) < 4.78 is 4.78. The van der Waals surface area contributed by atoms with Gasteiger partial charge in [-0.15, -0.1) is 0 Å². The fourth-order valence-electron chi connectivity index (χ4n) is 2.52. The average molecular weight is 297 g/mol. The zero-order valence-electron chi connectivity index (χ0n) is 10.7. The van der Waals surface area contributed by atoms with Crippen molar-refractivity contribution in [3.63, 3.8) is 0 Å². The fourth-order valence-corrected chi connectivity index (χ4v) is 2.69. The highest BCUT2D eigenvalue weighted by molar-refractivity contribution is 6.28. The summed E-state index contributed by atoms with van der Waals surface area (Å²) in [6.07, 6.45) is 1.42. The third-order valence-electron chi connectivity index (χ3n) is 3.39. The van der Waals surface area contributed by atoms with Crippen molar-refractivity contribution in [1.29, 1.82) is 0 Å². The minimum atomic E-state index is -0.609. The number of aliphatic hydroxyl groups excluding tert-OH is 1. The third-order valence-corrected chi connectivity index (χ3v) is 3.56. The smallest absolute Gasteiger partial charge is 0.328 e. The number of aliphatic hydroxyl groups is 1. The summed E-state index contributed by atoms with van der Waals surface area (Å²) >= 11 is 5.91. The molecule has 3 heterocycles. The van der Waals surface area contributed by atoms with Gasteiger partial charge in [0.05, 0.1) is 18.6 Å². The number of aromatic nitrogens is 3. The summed E-state index contributed by atoms with van der Waals surface area (Å²) in [7, 11) is 1.32. The van der Waals surface area contributed by atoms with Gasteiger partial charge in [0.1, 0.15) is 17.5 Å². The topological polar surface area (TPSA) is 91.3 Å². The van der Waals surface area contributed by atoms with Crippen LogP contribution in [0.3, 0.4) is 0 Å². The van der Waals surface area contributed by atoms with Gasteiger partial charge in [-0.25, -0.2) is 4.79 Å². The van der Waals surface area contributed by atoms with E-state index in [-0.39, 0.29) is 5.28 Å². The second-order valence-electron chi connectivity index (χ2n) is 4.64. The van der Waals surface area contributed by atoms with E-state index >= 15 is 0 Å². The highest BCUT2D eigenvalue weighted by Crippen LogP contribution is 2.31. The molecule has 1 aliphatic heterocycles. The van der Waals surface area contributed by atoms with Crippen molar-refractivity contribution in [2.45, 2.75) is 18.6 Å². The first-order valence-corrected chi connectivity index (χ1v) is 6.51. The zero-order valence-corrected chi connectivity index (χ0v) is 11.5. The largest absolute Gasteiger partial charge is 0.467 e. The Hall–Kier alpha value is -1.86. The van der Waals surface area contributed by atoms with Crippen molar-refractivity contribution in [2.75, 3.05) is 18.6 Å². The summed E-state index contributed by atoms with van der Waals surface area (Å²) in [4.78, 5) is 24.8. The Morgan fingerprint density at radius 2 is 2.40 bits per heavy atom. The van der Waals surface area contributed by atoms with Gasteiger partial charge in [-0.3, -0.25) is 0 Å². The molecule has 0 saturated carbocycles. The number of halogens is 1. The van der Waals surface area contributed by atoms with Crippen molar-refractivity contribution in [3.05, 3.63) is 17.5 Å². The quantitative estimate of drug-likeness (QED) is 0.627. The van der Waals surface area contributed by atoms with E-state index in [0.29, 0.717) is 24.4 Å². The van der Waals surface area contributed by atoms with E-state index < -0.39 is 18.1 Å². The van der Waals surface area contributed by atoms with Gasteiger partial charge < -0.3 is 19.7 Å². The monoisotopic (exact) mass is 296 g/mol. The number of aromatic amines is 1. The number of anilines is 1. The van der Waals surface area contributed by atoms with Crippen molar-refractivity contribution in [3.8, 4) is 0 Å². The number of methoxy groups -OCH3 is 1. The van der Waals surface area contributed by atoms with E-state index in [1.165, 1.54) is 7.11 Å². The SMILES string of the molecule is COC(=O)C1CC(O)CN1c1nc(Cl)nc2[nH]ccc12. The Kier molecular flexibility index (Phi) is 3.23. The number of carbonyl (C=O) groups excluding carboxylic acids is 1. The highest BCUT2D eigenvalue weighted by Gasteiger charge is 2.38. The van der Waals surface area contributed by atoms with Crippen LogP contribution < -0.4 is 4.90 Å². The van der Waals surface area contributed by atoms with Crippen LogP contribution in [0, 0.1) is 0 Å². The molecule has 1 aliphatic rings. The van der Waals surface area contributed by atoms with Gasteiger partial charge >= 0.3 is 5.97 Å². The lowest BCUT2D eigenvalue weighted by Gasteiger charge is -2.23. The summed E-state index contributed by atoms with van der Waals surface area (Å²) in [6, 6.07) is 1.24. The number of carbonyl (C=O) groups is 1. The standard InChI is InChI=1S/C12H13ClN4O3/c1-20-11(19)8-4-6(18)5-17(8)10-7-2-3-14-9(7)15-12(13)16-10/h2-3,6,8,18H,4-5H2,1H3,(H,14,15,16). The van der Waals surface area contributed by atoms with E-state index in [9.17, 15) is 9.90 Å². The van der Waals surface area contributed by atoms with Crippen LogP contribution in [0.1, 0.15) is 6.42 Å². The number of rotatable bonds is 2. The molecule has 2 N–H and O–H groups in total. The fraction of sp³-hybridized carbons (Fsp3) is 0.417. The van der Waals surface area contributed by atoms with Gasteiger partial charge in [0.25, 0.3) is 0 Å². The molecule has 3 rings (SSSR count). The minimum absolute atomic E-state index is 0.0833. The Balaban J connectivity index is 2.09. The normalized spacial score (nSPS) is 22.4. The summed E-state index contributed by atoms with van der Waals surface area (Å²) in [5.41, 5.74) is 0.588. The van der Waals surface area contributed by atoms with E-state index in [2.05, 4.69) is 15.0 Å². The Morgan fingerprint density at radius 1 is 1.60 bits per heavy atom. The summed E-state index contributed by atoms with van der Waals surface area (Å²) in [6.45, 7) is 0.299. The first kappa shape index (κ1) is 13.1. The van der Waals surface area contributed by atoms with Crippen molar-refractivity contribution >= 4 is 34.4 Å². The molecule has 20 heavy (non-hydrogen) atoms. The van der Waals surface area contributed by atoms with Gasteiger partial charge in [0.15, 0.2) is 0 Å². The van der Waals surface area contributed by atoms with Gasteiger partial charge in [-0.1, -0.05) is 0 Å². The van der Waals surface area contributed by atoms with Crippen LogP contribution in [0.25, 0.3) is 11.0 Å². The van der Waals surface area contributed by atoms with Crippen LogP contribution in [-0.4, -0.2) is 51.8 Å². The first-order chi connectivity index (χ1) is 9.60. The maximum absolute atomic E-state index is 11.8. The molecule has 0 aromatic carbocycles. The molecule has 2 aromatic rings. The number of H-pyrrole nitrogens is 1. The molecule has 0 amide bonds. The van der Waals surface area contributed by atoms with E-state index in [1.54, 1.807) is 17.2 Å². The van der Waals surface area contributed by atoms with Gasteiger partial charge in [0.2, 0.25) is 5.28 Å². The first-order valence-electron chi connectivity index (χ1n) is 6.13. The molecule has 8 heteroatoms. The zero-order chi connectivity index (χ0) is 14.3. The van der Waals surface area contributed by atoms with Crippen molar-refractivity contribution in [2.24, 2.45) is 0 Å². The van der Waals surface area contributed by atoms with E-state index in [1.807, 2.05) is 0 Å². The number of hydrogen-bond donors (Lipinski definition) is 2. The molecule has 1 fully saturated rings. The lowest BCUT2D eigenvalue weighted by molar-refractivity contribution is -0.142. The molecule has 106 valence electrons. The number of nitrogens with one attached hydrogen (secondary N) is 1. The molecule has 7 nitrogen and oxygen atoms in total. The second kappa shape index (κ2) is 4.92. The molecule has 0 bridgehead atoms. The van der Waals surface area contributed by atoms with Crippen LogP contribution in [-0.2, 0) is 9.53 Å². The lowest BCUT2D eigenvalue weighted by Crippen LogP contribution is -2.37. The van der Waals surface area contributed by atoms with Crippen LogP contribution in [0.15, 0.2) is 12.3 Å². The van der Waals surface area contributed by atoms with Crippen LogP contribution in [0.4, 0.5) is 5.82 Å². The Labute approximate surface area is 119 Å². The van der Waals surface area contributed by atoms with E-state index in [4.69, 9.17) is 16.3 Å². The average Bonchev–Trinajstić information content (AvgIpc) is 3.02. The predicted molar refractivity (Wildman–Crippen MR) is 72.7 cm³/mol. The Bertz CT molecular complexity index is 659. The second-order valence-corrected chi connectivity index (χ2v) is 4.98.